The third-order valence-corrected chi connectivity index (χ3v) is 6.11. The van der Waals surface area contributed by atoms with Crippen LogP contribution in [0.4, 0.5) is 10.1 Å². The normalized spacial score (nSPS) is 11.1. The van der Waals surface area contributed by atoms with Crippen LogP contribution in [0.3, 0.4) is 0 Å². The van der Waals surface area contributed by atoms with Gasteiger partial charge >= 0.3 is 0 Å². The van der Waals surface area contributed by atoms with Crippen LogP contribution in [0.1, 0.15) is 40.3 Å². The number of nitrogens with zero attached hydrogens (tertiary/aromatic N) is 2. The van der Waals surface area contributed by atoms with Crippen molar-refractivity contribution >= 4 is 22.5 Å². The molecule has 2 aromatic carbocycles. The first-order chi connectivity index (χ1) is 13.2. The second kappa shape index (κ2) is 7.70. The predicted octanol–water partition coefficient (Wildman–Crippen LogP) is 5.51. The smallest absolute Gasteiger partial charge is 0.223 e. The van der Waals surface area contributed by atoms with E-state index in [9.17, 15) is 9.18 Å². The van der Waals surface area contributed by atoms with E-state index in [-0.39, 0.29) is 11.7 Å². The average molecular weight is 378 g/mol. The number of carbonyl (C=O) groups is 1. The number of rotatable bonds is 4. The molecular formula is C24H27FN2O. The number of halogens is 1. The van der Waals surface area contributed by atoms with Crippen LogP contribution < -0.4 is 4.90 Å². The molecule has 0 bridgehead atoms. The third kappa shape index (κ3) is 3.39. The summed E-state index contributed by atoms with van der Waals surface area (Å²) >= 11 is 0. The number of benzene rings is 2. The van der Waals surface area contributed by atoms with E-state index in [2.05, 4.69) is 39.6 Å². The SMILES string of the molecule is CC(=O)N(CCc1c(C)c(C)c(C)c(C)c1C)c1ccnc2c(F)cccc12. The van der Waals surface area contributed by atoms with Crippen molar-refractivity contribution in [1.82, 2.24) is 4.98 Å². The Balaban J connectivity index is 2.02. The van der Waals surface area contributed by atoms with Gasteiger partial charge in [-0.25, -0.2) is 4.39 Å². The Kier molecular flexibility index (Phi) is 5.50. The molecular weight excluding hydrogens is 351 g/mol. The summed E-state index contributed by atoms with van der Waals surface area (Å²) in [5, 5.41) is 0.655. The second-order valence-electron chi connectivity index (χ2n) is 7.49. The first-order valence-corrected chi connectivity index (χ1v) is 9.61. The molecule has 3 nitrogen and oxygen atoms in total. The van der Waals surface area contributed by atoms with Gasteiger partial charge in [0.05, 0.1) is 5.69 Å². The molecule has 3 rings (SSSR count). The van der Waals surface area contributed by atoms with Crippen molar-refractivity contribution in [3.63, 3.8) is 0 Å². The largest absolute Gasteiger partial charge is 0.312 e. The maximum Gasteiger partial charge on any atom is 0.223 e. The fourth-order valence-corrected chi connectivity index (χ4v) is 3.98. The van der Waals surface area contributed by atoms with Crippen LogP contribution in [0.25, 0.3) is 10.9 Å². The number of hydrogen-bond donors (Lipinski definition) is 0. The van der Waals surface area contributed by atoms with E-state index in [0.29, 0.717) is 23.1 Å². The van der Waals surface area contributed by atoms with Gasteiger partial charge in [-0.2, -0.15) is 0 Å². The minimum Gasteiger partial charge on any atom is -0.312 e. The van der Waals surface area contributed by atoms with Crippen LogP contribution in [0.15, 0.2) is 30.5 Å². The first-order valence-electron chi connectivity index (χ1n) is 9.61. The first kappa shape index (κ1) is 20.0. The number of anilines is 1. The molecule has 0 N–H and O–H groups in total. The van der Waals surface area contributed by atoms with Crippen LogP contribution in [0, 0.1) is 40.4 Å². The molecule has 4 heteroatoms. The van der Waals surface area contributed by atoms with E-state index in [0.717, 1.165) is 6.42 Å². The summed E-state index contributed by atoms with van der Waals surface area (Å²) in [4.78, 5) is 18.3. The van der Waals surface area contributed by atoms with Crippen LogP contribution in [-0.4, -0.2) is 17.4 Å². The molecule has 0 spiro atoms. The minimum absolute atomic E-state index is 0.0624. The lowest BCUT2D eigenvalue weighted by atomic mass is 9.88. The molecule has 0 unspecified atom stereocenters. The highest BCUT2D eigenvalue weighted by molar-refractivity contribution is 6.01. The lowest BCUT2D eigenvalue weighted by Gasteiger charge is -2.25. The number of fused-ring (bicyclic) bond motifs is 1. The summed E-state index contributed by atoms with van der Waals surface area (Å²) in [6.07, 6.45) is 2.31. The Bertz CT molecular complexity index is 1040. The summed E-state index contributed by atoms with van der Waals surface area (Å²) < 4.78 is 14.1. The van der Waals surface area contributed by atoms with Gasteiger partial charge in [0.2, 0.25) is 5.91 Å². The van der Waals surface area contributed by atoms with Crippen molar-refractivity contribution in [2.45, 2.75) is 48.0 Å². The van der Waals surface area contributed by atoms with Gasteiger partial charge in [0.15, 0.2) is 0 Å². The third-order valence-electron chi connectivity index (χ3n) is 6.11. The average Bonchev–Trinajstić information content (AvgIpc) is 2.67. The van der Waals surface area contributed by atoms with Gasteiger partial charge in [-0.05, 0) is 86.6 Å². The summed E-state index contributed by atoms with van der Waals surface area (Å²) in [5.74, 6) is -0.438. The van der Waals surface area contributed by atoms with Crippen molar-refractivity contribution in [2.24, 2.45) is 0 Å². The van der Waals surface area contributed by atoms with Crippen LogP contribution in [-0.2, 0) is 11.2 Å². The van der Waals surface area contributed by atoms with Crippen LogP contribution >= 0.6 is 0 Å². The van der Waals surface area contributed by atoms with Gasteiger partial charge in [0, 0.05) is 25.1 Å². The second-order valence-corrected chi connectivity index (χ2v) is 7.49. The number of para-hydroxylation sites is 1. The van der Waals surface area contributed by atoms with Crippen molar-refractivity contribution in [2.75, 3.05) is 11.4 Å². The summed E-state index contributed by atoms with van der Waals surface area (Å²) in [6.45, 7) is 12.9. The molecule has 28 heavy (non-hydrogen) atoms. The Morgan fingerprint density at radius 1 is 0.964 bits per heavy atom. The molecule has 0 aliphatic heterocycles. The zero-order valence-electron chi connectivity index (χ0n) is 17.5. The van der Waals surface area contributed by atoms with Crippen molar-refractivity contribution in [1.29, 1.82) is 0 Å². The molecule has 0 saturated heterocycles. The molecule has 1 aromatic heterocycles. The zero-order chi connectivity index (χ0) is 20.6. The summed E-state index contributed by atoms with van der Waals surface area (Å²) in [6, 6.07) is 6.64. The molecule has 146 valence electrons. The molecule has 3 aromatic rings. The van der Waals surface area contributed by atoms with Gasteiger partial charge in [-0.1, -0.05) is 12.1 Å². The Morgan fingerprint density at radius 2 is 1.57 bits per heavy atom. The molecule has 0 atom stereocenters. The zero-order valence-corrected chi connectivity index (χ0v) is 17.5. The van der Waals surface area contributed by atoms with Crippen molar-refractivity contribution < 1.29 is 9.18 Å². The lowest BCUT2D eigenvalue weighted by Crippen LogP contribution is -2.31. The fraction of sp³-hybridized carbons (Fsp3) is 0.333. The highest BCUT2D eigenvalue weighted by Crippen LogP contribution is 2.29. The quantitative estimate of drug-likeness (QED) is 0.600. The van der Waals surface area contributed by atoms with E-state index in [1.807, 2.05) is 6.07 Å². The van der Waals surface area contributed by atoms with Gasteiger partial charge < -0.3 is 4.90 Å². The minimum atomic E-state index is -0.376. The van der Waals surface area contributed by atoms with Gasteiger partial charge in [0.25, 0.3) is 0 Å². The summed E-state index contributed by atoms with van der Waals surface area (Å²) in [7, 11) is 0. The number of amides is 1. The van der Waals surface area contributed by atoms with Crippen molar-refractivity contribution in [3.05, 3.63) is 69.7 Å². The standard InChI is InChI=1S/C24H27FN2O/c1-14-15(2)17(4)20(18(5)16(14)3)11-13-27(19(6)28)23-10-12-26-24-21(23)8-7-9-22(24)25/h7-10,12H,11,13H2,1-6H3. The van der Waals surface area contributed by atoms with E-state index in [1.165, 1.54) is 39.4 Å². The highest BCUT2D eigenvalue weighted by Gasteiger charge is 2.18. The molecule has 0 aliphatic carbocycles. The Labute approximate surface area is 166 Å². The Morgan fingerprint density at radius 3 is 2.18 bits per heavy atom. The highest BCUT2D eigenvalue weighted by atomic mass is 19.1. The van der Waals surface area contributed by atoms with E-state index >= 15 is 0 Å². The Hall–Kier alpha value is -2.75. The lowest BCUT2D eigenvalue weighted by molar-refractivity contribution is -0.116. The monoisotopic (exact) mass is 378 g/mol. The summed E-state index contributed by atoms with van der Waals surface area (Å²) in [5.41, 5.74) is 8.81. The van der Waals surface area contributed by atoms with Crippen molar-refractivity contribution in [3.8, 4) is 0 Å². The molecule has 0 radical (unpaired) electrons. The fourth-order valence-electron chi connectivity index (χ4n) is 3.98. The van der Waals surface area contributed by atoms with Crippen LogP contribution in [0.5, 0.6) is 0 Å². The maximum absolute atomic E-state index is 14.1. The predicted molar refractivity (Wildman–Crippen MR) is 114 cm³/mol. The molecule has 1 amide bonds. The molecule has 0 aliphatic rings. The van der Waals surface area contributed by atoms with Gasteiger partial charge in [-0.3, -0.25) is 9.78 Å². The van der Waals surface area contributed by atoms with Gasteiger partial charge in [0.1, 0.15) is 11.3 Å². The van der Waals surface area contributed by atoms with E-state index in [4.69, 9.17) is 0 Å². The number of carbonyl (C=O) groups excluding carboxylic acids is 1. The molecule has 0 fully saturated rings. The molecule has 0 saturated carbocycles. The van der Waals surface area contributed by atoms with E-state index in [1.54, 1.807) is 30.2 Å². The van der Waals surface area contributed by atoms with E-state index < -0.39 is 0 Å². The van der Waals surface area contributed by atoms with Gasteiger partial charge in [-0.15, -0.1) is 0 Å². The maximum atomic E-state index is 14.1. The number of aromatic nitrogens is 1. The molecule has 1 heterocycles. The topological polar surface area (TPSA) is 33.2 Å². The van der Waals surface area contributed by atoms with Crippen LogP contribution in [0.2, 0.25) is 0 Å². The number of hydrogen-bond acceptors (Lipinski definition) is 2. The number of pyridine rings is 1.